The molecule has 1 aliphatic rings. The number of β-amino-alcohol motifs (C(OH)–C–C–N with tert-alkyl or cyclic N) is 1. The Bertz CT molecular complexity index is 751. The van der Waals surface area contributed by atoms with Gasteiger partial charge in [-0.25, -0.2) is 4.39 Å². The van der Waals surface area contributed by atoms with Crippen LogP contribution in [-0.2, 0) is 0 Å². The second-order valence-corrected chi connectivity index (χ2v) is 6.21. The van der Waals surface area contributed by atoms with Crippen LogP contribution in [0.3, 0.4) is 0 Å². The average molecular weight is 329 g/mol. The molecule has 1 aliphatic heterocycles. The first-order chi connectivity index (χ1) is 11.5. The van der Waals surface area contributed by atoms with E-state index in [1.165, 1.54) is 12.1 Å². The number of nitrogens with zero attached hydrogens (tertiary/aromatic N) is 3. The highest BCUT2D eigenvalue weighted by Crippen LogP contribution is 2.33. The van der Waals surface area contributed by atoms with E-state index in [9.17, 15) is 14.3 Å². The van der Waals surface area contributed by atoms with Crippen molar-refractivity contribution in [2.24, 2.45) is 0 Å². The number of aromatic nitrogens is 1. The highest BCUT2D eigenvalue weighted by Gasteiger charge is 2.36. The first-order valence-electron chi connectivity index (χ1n) is 7.83. The van der Waals surface area contributed by atoms with Gasteiger partial charge in [0.05, 0.1) is 12.1 Å². The minimum absolute atomic E-state index is 0.216. The normalized spacial score (nSPS) is 20.2. The molecule has 5 nitrogen and oxygen atoms in total. The van der Waals surface area contributed by atoms with Gasteiger partial charge >= 0.3 is 0 Å². The van der Waals surface area contributed by atoms with Gasteiger partial charge in [0.25, 0.3) is 5.91 Å². The van der Waals surface area contributed by atoms with Gasteiger partial charge < -0.3 is 14.9 Å². The third-order valence-electron chi connectivity index (χ3n) is 4.25. The summed E-state index contributed by atoms with van der Waals surface area (Å²) >= 11 is 0. The molecule has 126 valence electrons. The number of pyridine rings is 1. The molecule has 1 amide bonds. The molecule has 2 atom stereocenters. The second kappa shape index (κ2) is 6.57. The SMILES string of the molecule is CN(C)c1ccnc(C(=O)N2C[C@@H](O)C[C@@H]2c2cccc(F)c2)c1. The summed E-state index contributed by atoms with van der Waals surface area (Å²) in [5.74, 6) is -0.612. The van der Waals surface area contributed by atoms with E-state index in [4.69, 9.17) is 0 Å². The quantitative estimate of drug-likeness (QED) is 0.938. The second-order valence-electron chi connectivity index (χ2n) is 6.21. The Balaban J connectivity index is 1.91. The van der Waals surface area contributed by atoms with Crippen molar-refractivity contribution in [3.63, 3.8) is 0 Å². The highest BCUT2D eigenvalue weighted by molar-refractivity contribution is 5.93. The fourth-order valence-electron chi connectivity index (χ4n) is 3.03. The van der Waals surface area contributed by atoms with E-state index in [1.807, 2.05) is 25.1 Å². The van der Waals surface area contributed by atoms with Gasteiger partial charge in [-0.15, -0.1) is 0 Å². The average Bonchev–Trinajstić information content (AvgIpc) is 2.96. The third-order valence-corrected chi connectivity index (χ3v) is 4.25. The van der Waals surface area contributed by atoms with Crippen LogP contribution in [0.1, 0.15) is 28.5 Å². The summed E-state index contributed by atoms with van der Waals surface area (Å²) in [6.45, 7) is 0.216. The van der Waals surface area contributed by atoms with E-state index in [0.717, 1.165) is 5.69 Å². The van der Waals surface area contributed by atoms with Gasteiger partial charge in [-0.2, -0.15) is 0 Å². The Morgan fingerprint density at radius 1 is 1.33 bits per heavy atom. The molecule has 6 heteroatoms. The molecule has 2 heterocycles. The van der Waals surface area contributed by atoms with E-state index >= 15 is 0 Å². The van der Waals surface area contributed by atoms with E-state index in [2.05, 4.69) is 4.98 Å². The van der Waals surface area contributed by atoms with Crippen LogP contribution in [0.5, 0.6) is 0 Å². The van der Waals surface area contributed by atoms with Crippen molar-refractivity contribution in [3.8, 4) is 0 Å². The summed E-state index contributed by atoms with van der Waals surface area (Å²) in [6, 6.07) is 9.34. The lowest BCUT2D eigenvalue weighted by Crippen LogP contribution is -2.32. The molecule has 2 aromatic rings. The van der Waals surface area contributed by atoms with E-state index in [1.54, 1.807) is 29.3 Å². The summed E-state index contributed by atoms with van der Waals surface area (Å²) in [5.41, 5.74) is 1.87. The monoisotopic (exact) mass is 329 g/mol. The molecule has 0 radical (unpaired) electrons. The molecule has 0 unspecified atom stereocenters. The first-order valence-corrected chi connectivity index (χ1v) is 7.83. The van der Waals surface area contributed by atoms with Gasteiger partial charge in [0, 0.05) is 32.5 Å². The number of benzene rings is 1. The summed E-state index contributed by atoms with van der Waals surface area (Å²) in [4.78, 5) is 20.5. The predicted molar refractivity (Wildman–Crippen MR) is 89.4 cm³/mol. The number of aliphatic hydroxyl groups is 1. The van der Waals surface area contributed by atoms with Crippen LogP contribution in [0.15, 0.2) is 42.6 Å². The van der Waals surface area contributed by atoms with Crippen molar-refractivity contribution >= 4 is 11.6 Å². The van der Waals surface area contributed by atoms with Crippen LogP contribution in [0, 0.1) is 5.82 Å². The van der Waals surface area contributed by atoms with Crippen LogP contribution in [0.2, 0.25) is 0 Å². The maximum absolute atomic E-state index is 13.5. The van der Waals surface area contributed by atoms with Crippen LogP contribution in [0.25, 0.3) is 0 Å². The molecule has 1 saturated heterocycles. The summed E-state index contributed by atoms with van der Waals surface area (Å²) in [7, 11) is 3.78. The number of likely N-dealkylation sites (tertiary alicyclic amines) is 1. The molecule has 24 heavy (non-hydrogen) atoms. The zero-order valence-electron chi connectivity index (χ0n) is 13.7. The lowest BCUT2D eigenvalue weighted by Gasteiger charge is -2.25. The zero-order valence-corrected chi connectivity index (χ0v) is 13.7. The Labute approximate surface area is 140 Å². The van der Waals surface area contributed by atoms with Gasteiger partial charge in [0.15, 0.2) is 0 Å². The van der Waals surface area contributed by atoms with Crippen LogP contribution >= 0.6 is 0 Å². The molecule has 0 aliphatic carbocycles. The maximum atomic E-state index is 13.5. The van der Waals surface area contributed by atoms with Crippen molar-refractivity contribution < 1.29 is 14.3 Å². The van der Waals surface area contributed by atoms with Crippen LogP contribution < -0.4 is 4.90 Å². The number of anilines is 1. The van der Waals surface area contributed by atoms with Gasteiger partial charge in [-0.05, 0) is 36.2 Å². The predicted octanol–water partition coefficient (Wildman–Crippen LogP) is 2.23. The number of hydrogen-bond acceptors (Lipinski definition) is 4. The molecule has 1 aromatic heterocycles. The number of rotatable bonds is 3. The Kier molecular flexibility index (Phi) is 4.49. The molecule has 0 bridgehead atoms. The van der Waals surface area contributed by atoms with Crippen molar-refractivity contribution in [2.45, 2.75) is 18.6 Å². The summed E-state index contributed by atoms with van der Waals surface area (Å²) < 4.78 is 13.5. The maximum Gasteiger partial charge on any atom is 0.273 e. The zero-order chi connectivity index (χ0) is 17.3. The molecule has 1 fully saturated rings. The first kappa shape index (κ1) is 16.4. The van der Waals surface area contributed by atoms with Gasteiger partial charge in [-0.1, -0.05) is 12.1 Å². The largest absolute Gasteiger partial charge is 0.391 e. The van der Waals surface area contributed by atoms with Crippen molar-refractivity contribution in [3.05, 3.63) is 59.7 Å². The van der Waals surface area contributed by atoms with Crippen molar-refractivity contribution in [1.29, 1.82) is 0 Å². The van der Waals surface area contributed by atoms with E-state index in [0.29, 0.717) is 17.7 Å². The standard InChI is InChI=1S/C18H20FN3O2/c1-21(2)14-6-7-20-16(9-14)18(24)22-11-15(23)10-17(22)12-4-3-5-13(19)8-12/h3-9,15,17,23H,10-11H2,1-2H3/t15-,17+/m0/s1. The Hall–Kier alpha value is -2.47. The lowest BCUT2D eigenvalue weighted by atomic mass is 10.0. The number of aliphatic hydroxyl groups excluding tert-OH is 1. The van der Waals surface area contributed by atoms with E-state index < -0.39 is 6.10 Å². The minimum atomic E-state index is -0.626. The van der Waals surface area contributed by atoms with Gasteiger partial charge in [0.1, 0.15) is 11.5 Å². The Morgan fingerprint density at radius 3 is 2.83 bits per heavy atom. The van der Waals surface area contributed by atoms with Crippen LogP contribution in [-0.4, -0.2) is 47.6 Å². The molecule has 1 N–H and O–H groups in total. The highest BCUT2D eigenvalue weighted by atomic mass is 19.1. The Morgan fingerprint density at radius 2 is 2.12 bits per heavy atom. The molecular weight excluding hydrogens is 309 g/mol. The molecule has 0 spiro atoms. The van der Waals surface area contributed by atoms with Crippen LogP contribution in [0.4, 0.5) is 10.1 Å². The minimum Gasteiger partial charge on any atom is -0.391 e. The number of carbonyl (C=O) groups excluding carboxylic acids is 1. The molecular formula is C18H20FN3O2. The molecule has 0 saturated carbocycles. The number of carbonyl (C=O) groups is 1. The van der Waals surface area contributed by atoms with Crippen molar-refractivity contribution in [2.75, 3.05) is 25.5 Å². The lowest BCUT2D eigenvalue weighted by molar-refractivity contribution is 0.0709. The summed E-state index contributed by atoms with van der Waals surface area (Å²) in [5, 5.41) is 10.0. The smallest absolute Gasteiger partial charge is 0.273 e. The summed E-state index contributed by atoms with van der Waals surface area (Å²) in [6.07, 6.45) is 1.36. The molecule has 1 aromatic carbocycles. The van der Waals surface area contributed by atoms with Gasteiger partial charge in [-0.3, -0.25) is 9.78 Å². The topological polar surface area (TPSA) is 56.7 Å². The van der Waals surface area contributed by atoms with Gasteiger partial charge in [0.2, 0.25) is 0 Å². The molecule has 3 rings (SSSR count). The fourth-order valence-corrected chi connectivity index (χ4v) is 3.03. The number of hydrogen-bond donors (Lipinski definition) is 1. The number of amides is 1. The van der Waals surface area contributed by atoms with E-state index in [-0.39, 0.29) is 24.3 Å². The van der Waals surface area contributed by atoms with Crippen molar-refractivity contribution in [1.82, 2.24) is 9.88 Å². The third kappa shape index (κ3) is 3.23. The number of halogens is 1. The fraction of sp³-hybridized carbons (Fsp3) is 0.333.